The first kappa shape index (κ1) is 16.9. The van der Waals surface area contributed by atoms with Crippen LogP contribution in [0.2, 0.25) is 0 Å². The number of benzene rings is 1. The Morgan fingerprint density at radius 1 is 1.24 bits per heavy atom. The van der Waals surface area contributed by atoms with Crippen LogP contribution in [0.15, 0.2) is 18.2 Å². The van der Waals surface area contributed by atoms with Crippen LogP contribution < -0.4 is 10.6 Å². The Morgan fingerprint density at radius 2 is 2.00 bits per heavy atom. The van der Waals surface area contributed by atoms with Crippen molar-refractivity contribution in [1.82, 2.24) is 5.32 Å². The highest BCUT2D eigenvalue weighted by Gasteiger charge is 2.16. The van der Waals surface area contributed by atoms with E-state index in [1.54, 1.807) is 12.1 Å². The number of hydrogen-bond donors (Lipinski definition) is 2. The van der Waals surface area contributed by atoms with E-state index in [4.69, 9.17) is 0 Å². The predicted octanol–water partition coefficient (Wildman–Crippen LogP) is 3.34. The van der Waals surface area contributed by atoms with E-state index < -0.39 is 4.92 Å². The van der Waals surface area contributed by atoms with Crippen LogP contribution in [0.4, 0.5) is 11.4 Å². The lowest BCUT2D eigenvalue weighted by molar-refractivity contribution is -0.384. The zero-order chi connectivity index (χ0) is 15.7. The van der Waals surface area contributed by atoms with E-state index in [0.717, 1.165) is 25.7 Å². The van der Waals surface area contributed by atoms with Gasteiger partial charge in [0.15, 0.2) is 0 Å². The maximum Gasteiger partial charge on any atom is 0.293 e. The lowest BCUT2D eigenvalue weighted by atomic mass is 10.1. The number of hydrogen-bond acceptors (Lipinski definition) is 4. The van der Waals surface area contributed by atoms with Crippen molar-refractivity contribution in [2.24, 2.45) is 0 Å². The van der Waals surface area contributed by atoms with Crippen molar-refractivity contribution in [3.63, 3.8) is 0 Å². The standard InChI is InChI=1S/C15H23N3O3/c1-3-5-6-7-10-17-15(19)12-8-9-13(16-4-2)14(11-12)18(20)21/h8-9,11,16H,3-7,10H2,1-2H3,(H,17,19). The molecule has 0 aliphatic carbocycles. The third-order valence-corrected chi connectivity index (χ3v) is 3.14. The molecular weight excluding hydrogens is 270 g/mol. The fourth-order valence-corrected chi connectivity index (χ4v) is 2.02. The molecule has 2 N–H and O–H groups in total. The summed E-state index contributed by atoms with van der Waals surface area (Å²) in [6, 6.07) is 4.50. The van der Waals surface area contributed by atoms with Crippen molar-refractivity contribution in [3.05, 3.63) is 33.9 Å². The average Bonchev–Trinajstić information content (AvgIpc) is 2.47. The SMILES string of the molecule is CCCCCCNC(=O)c1ccc(NCC)c([N+](=O)[O-])c1. The van der Waals surface area contributed by atoms with Gasteiger partial charge in [-0.25, -0.2) is 0 Å². The summed E-state index contributed by atoms with van der Waals surface area (Å²) in [6.45, 7) is 5.18. The van der Waals surface area contributed by atoms with E-state index >= 15 is 0 Å². The lowest BCUT2D eigenvalue weighted by Gasteiger charge is -2.08. The second kappa shape index (κ2) is 8.94. The summed E-state index contributed by atoms with van der Waals surface area (Å²) in [5.74, 6) is -0.266. The summed E-state index contributed by atoms with van der Waals surface area (Å²) >= 11 is 0. The Labute approximate surface area is 125 Å². The van der Waals surface area contributed by atoms with Gasteiger partial charge in [0.2, 0.25) is 0 Å². The van der Waals surface area contributed by atoms with Crippen LogP contribution in [-0.4, -0.2) is 23.9 Å². The number of nitro benzene ring substituents is 1. The highest BCUT2D eigenvalue weighted by molar-refractivity contribution is 5.95. The quantitative estimate of drug-likeness (QED) is 0.415. The smallest absolute Gasteiger partial charge is 0.293 e. The average molecular weight is 293 g/mol. The zero-order valence-electron chi connectivity index (χ0n) is 12.6. The monoisotopic (exact) mass is 293 g/mol. The van der Waals surface area contributed by atoms with Gasteiger partial charge in [0.05, 0.1) is 4.92 Å². The summed E-state index contributed by atoms with van der Waals surface area (Å²) in [5.41, 5.74) is 0.677. The van der Waals surface area contributed by atoms with E-state index in [1.165, 1.54) is 6.07 Å². The summed E-state index contributed by atoms with van der Waals surface area (Å²) in [6.07, 6.45) is 4.30. The molecule has 6 nitrogen and oxygen atoms in total. The number of rotatable bonds is 9. The third-order valence-electron chi connectivity index (χ3n) is 3.14. The Kier molecular flexibility index (Phi) is 7.21. The second-order valence-electron chi connectivity index (χ2n) is 4.84. The van der Waals surface area contributed by atoms with E-state index in [1.807, 2.05) is 6.92 Å². The number of nitro groups is 1. The minimum Gasteiger partial charge on any atom is -0.380 e. The van der Waals surface area contributed by atoms with E-state index in [9.17, 15) is 14.9 Å². The van der Waals surface area contributed by atoms with Gasteiger partial charge in [-0.1, -0.05) is 26.2 Å². The number of amides is 1. The van der Waals surface area contributed by atoms with E-state index in [-0.39, 0.29) is 11.6 Å². The van der Waals surface area contributed by atoms with Gasteiger partial charge in [-0.15, -0.1) is 0 Å². The number of unbranched alkanes of at least 4 members (excludes halogenated alkanes) is 3. The molecule has 0 heterocycles. The first-order valence-corrected chi connectivity index (χ1v) is 7.40. The van der Waals surface area contributed by atoms with Crippen LogP contribution in [0.25, 0.3) is 0 Å². The van der Waals surface area contributed by atoms with Gasteiger partial charge in [0.25, 0.3) is 11.6 Å². The molecule has 0 saturated heterocycles. The van der Waals surface area contributed by atoms with Gasteiger partial charge in [-0.2, -0.15) is 0 Å². The van der Waals surface area contributed by atoms with Crippen LogP contribution in [0.1, 0.15) is 49.9 Å². The zero-order valence-corrected chi connectivity index (χ0v) is 12.6. The second-order valence-corrected chi connectivity index (χ2v) is 4.84. The summed E-state index contributed by atoms with van der Waals surface area (Å²) in [4.78, 5) is 22.5. The normalized spacial score (nSPS) is 10.2. The van der Waals surface area contributed by atoms with Crippen molar-refractivity contribution in [1.29, 1.82) is 0 Å². The third kappa shape index (κ3) is 5.41. The molecule has 1 amide bonds. The molecule has 1 rings (SSSR count). The van der Waals surface area contributed by atoms with Crippen LogP contribution in [-0.2, 0) is 0 Å². The number of anilines is 1. The van der Waals surface area contributed by atoms with Crippen LogP contribution in [0.3, 0.4) is 0 Å². The molecule has 116 valence electrons. The Hall–Kier alpha value is -2.11. The fourth-order valence-electron chi connectivity index (χ4n) is 2.02. The Morgan fingerprint density at radius 3 is 2.62 bits per heavy atom. The minimum absolute atomic E-state index is 0.0736. The molecule has 1 aromatic rings. The first-order chi connectivity index (χ1) is 10.1. The molecular formula is C15H23N3O3. The van der Waals surface area contributed by atoms with Crippen molar-refractivity contribution < 1.29 is 9.72 Å². The lowest BCUT2D eigenvalue weighted by Crippen LogP contribution is -2.24. The molecule has 0 saturated carbocycles. The predicted molar refractivity (Wildman–Crippen MR) is 83.7 cm³/mol. The number of carbonyl (C=O) groups is 1. The van der Waals surface area contributed by atoms with Crippen molar-refractivity contribution in [3.8, 4) is 0 Å². The topological polar surface area (TPSA) is 84.3 Å². The van der Waals surface area contributed by atoms with Crippen molar-refractivity contribution in [2.75, 3.05) is 18.4 Å². The van der Waals surface area contributed by atoms with Gasteiger partial charge in [0, 0.05) is 24.7 Å². The van der Waals surface area contributed by atoms with Crippen molar-refractivity contribution in [2.45, 2.75) is 39.5 Å². The van der Waals surface area contributed by atoms with Gasteiger partial charge in [0.1, 0.15) is 5.69 Å². The molecule has 0 fully saturated rings. The summed E-state index contributed by atoms with van der Waals surface area (Å²) in [5, 5.41) is 16.7. The maximum absolute atomic E-state index is 12.0. The van der Waals surface area contributed by atoms with E-state index in [2.05, 4.69) is 17.6 Å². The molecule has 0 radical (unpaired) electrons. The number of nitrogens with zero attached hydrogens (tertiary/aromatic N) is 1. The molecule has 0 atom stereocenters. The van der Waals surface area contributed by atoms with Gasteiger partial charge >= 0.3 is 0 Å². The number of carbonyl (C=O) groups excluding carboxylic acids is 1. The molecule has 21 heavy (non-hydrogen) atoms. The molecule has 0 aliphatic heterocycles. The minimum atomic E-state index is -0.476. The van der Waals surface area contributed by atoms with Crippen molar-refractivity contribution >= 4 is 17.3 Å². The molecule has 0 unspecified atom stereocenters. The van der Waals surface area contributed by atoms with Gasteiger partial charge in [-0.3, -0.25) is 14.9 Å². The Bertz CT molecular complexity index is 489. The molecule has 0 bridgehead atoms. The van der Waals surface area contributed by atoms with Crippen LogP contribution in [0.5, 0.6) is 0 Å². The molecule has 0 aromatic heterocycles. The molecule has 0 spiro atoms. The fraction of sp³-hybridized carbons (Fsp3) is 0.533. The Balaban J connectivity index is 2.67. The van der Waals surface area contributed by atoms with Crippen LogP contribution >= 0.6 is 0 Å². The summed E-state index contributed by atoms with van der Waals surface area (Å²) < 4.78 is 0. The van der Waals surface area contributed by atoms with Gasteiger partial charge in [-0.05, 0) is 25.5 Å². The largest absolute Gasteiger partial charge is 0.380 e. The van der Waals surface area contributed by atoms with E-state index in [0.29, 0.717) is 24.3 Å². The molecule has 0 aliphatic rings. The highest BCUT2D eigenvalue weighted by Crippen LogP contribution is 2.25. The summed E-state index contributed by atoms with van der Waals surface area (Å²) in [7, 11) is 0. The first-order valence-electron chi connectivity index (χ1n) is 7.40. The van der Waals surface area contributed by atoms with Gasteiger partial charge < -0.3 is 10.6 Å². The maximum atomic E-state index is 12.0. The van der Waals surface area contributed by atoms with Crippen LogP contribution in [0, 0.1) is 10.1 Å². The highest BCUT2D eigenvalue weighted by atomic mass is 16.6. The molecule has 6 heteroatoms. The number of nitrogens with one attached hydrogen (secondary N) is 2. The molecule has 1 aromatic carbocycles.